The molecule has 0 amide bonds. The highest BCUT2D eigenvalue weighted by Gasteiger charge is 2.23. The van der Waals surface area contributed by atoms with Crippen molar-refractivity contribution >= 4 is 49.0 Å². The first kappa shape index (κ1) is 17.7. The average molecular weight is 392 g/mol. The van der Waals surface area contributed by atoms with E-state index in [4.69, 9.17) is 0 Å². The van der Waals surface area contributed by atoms with Gasteiger partial charge in [-0.25, -0.2) is 4.57 Å². The molecule has 2 heteroatoms. The van der Waals surface area contributed by atoms with Gasteiger partial charge in [-0.3, -0.25) is 0 Å². The van der Waals surface area contributed by atoms with Crippen molar-refractivity contribution in [1.29, 1.82) is 0 Å². The highest BCUT2D eigenvalue weighted by Crippen LogP contribution is 2.41. The van der Waals surface area contributed by atoms with E-state index in [-0.39, 0.29) is 5.41 Å². The van der Waals surface area contributed by atoms with E-state index < -0.39 is 0 Å². The summed E-state index contributed by atoms with van der Waals surface area (Å²) in [5.74, 6) is 0. The van der Waals surface area contributed by atoms with Gasteiger partial charge < -0.3 is 4.40 Å². The molecule has 3 heterocycles. The number of nitrogens with zero attached hydrogens (tertiary/aromatic N) is 2. The fraction of sp³-hybridized carbons (Fsp3) is 0.250. The van der Waals surface area contributed by atoms with Crippen molar-refractivity contribution in [3.8, 4) is 0 Å². The number of rotatable bonds is 1. The number of aromatic nitrogens is 2. The van der Waals surface area contributed by atoms with E-state index in [2.05, 4.69) is 105 Å². The van der Waals surface area contributed by atoms with Gasteiger partial charge in [0.15, 0.2) is 6.20 Å². The normalized spacial score (nSPS) is 13.0. The smallest absolute Gasteiger partial charge is 0.224 e. The van der Waals surface area contributed by atoms with Gasteiger partial charge in [-0.15, -0.1) is 0 Å². The first-order chi connectivity index (χ1) is 14.3. The van der Waals surface area contributed by atoms with Gasteiger partial charge in [0, 0.05) is 16.8 Å². The topological polar surface area (TPSA) is 8.29 Å². The number of fused-ring (bicyclic) bond motifs is 5. The summed E-state index contributed by atoms with van der Waals surface area (Å²) < 4.78 is 4.79. The molecule has 0 aliphatic heterocycles. The molecule has 0 saturated carbocycles. The van der Waals surface area contributed by atoms with Crippen LogP contribution in [0.5, 0.6) is 0 Å². The second-order valence-electron chi connectivity index (χ2n) is 10.1. The van der Waals surface area contributed by atoms with Crippen LogP contribution in [0.1, 0.15) is 31.9 Å². The maximum absolute atomic E-state index is 2.50. The molecule has 0 atom stereocenters. The third-order valence-corrected chi connectivity index (χ3v) is 6.56. The van der Waals surface area contributed by atoms with E-state index in [1.54, 1.807) is 0 Å². The van der Waals surface area contributed by atoms with Gasteiger partial charge in [-0.1, -0.05) is 51.1 Å². The minimum Gasteiger partial charge on any atom is -0.307 e. The third-order valence-electron chi connectivity index (χ3n) is 6.56. The van der Waals surface area contributed by atoms with Crippen LogP contribution in [0.25, 0.3) is 49.0 Å². The van der Waals surface area contributed by atoms with Gasteiger partial charge in [0.05, 0.1) is 27.3 Å². The van der Waals surface area contributed by atoms with Crippen LogP contribution in [0.15, 0.2) is 60.8 Å². The Bertz CT molecular complexity index is 1610. The quantitative estimate of drug-likeness (QED) is 0.167. The largest absolute Gasteiger partial charge is 0.307 e. The maximum Gasteiger partial charge on any atom is 0.224 e. The lowest BCUT2D eigenvalue weighted by molar-refractivity contribution is -0.643. The van der Waals surface area contributed by atoms with Gasteiger partial charge >= 0.3 is 0 Å². The number of aryl methyl sites for hydroxylation is 2. The molecule has 2 nitrogen and oxygen atoms in total. The molecular formula is C28H27N2+. The van der Waals surface area contributed by atoms with Crippen molar-refractivity contribution in [1.82, 2.24) is 4.40 Å². The lowest BCUT2D eigenvalue weighted by atomic mass is 9.88. The Morgan fingerprint density at radius 3 is 2.50 bits per heavy atom. The molecule has 30 heavy (non-hydrogen) atoms. The van der Waals surface area contributed by atoms with Crippen LogP contribution in [-0.4, -0.2) is 4.40 Å². The van der Waals surface area contributed by atoms with Crippen LogP contribution < -0.4 is 4.57 Å². The van der Waals surface area contributed by atoms with E-state index in [0.29, 0.717) is 0 Å². The molecule has 3 aromatic carbocycles. The first-order valence-corrected chi connectivity index (χ1v) is 10.8. The predicted molar refractivity (Wildman–Crippen MR) is 128 cm³/mol. The number of hydrogen-bond donors (Lipinski definition) is 0. The Hall–Kier alpha value is -3.13. The van der Waals surface area contributed by atoms with E-state index in [0.717, 1.165) is 6.42 Å². The zero-order valence-electron chi connectivity index (χ0n) is 18.4. The maximum atomic E-state index is 2.50. The molecular weight excluding hydrogens is 364 g/mol. The highest BCUT2D eigenvalue weighted by atomic mass is 14.9. The summed E-state index contributed by atoms with van der Waals surface area (Å²) in [5, 5.41) is 6.73. The second kappa shape index (κ2) is 5.72. The van der Waals surface area contributed by atoms with Crippen molar-refractivity contribution in [2.75, 3.05) is 0 Å². The minimum absolute atomic E-state index is 0.275. The third kappa shape index (κ3) is 2.28. The van der Waals surface area contributed by atoms with Gasteiger partial charge in [0.1, 0.15) is 7.05 Å². The summed E-state index contributed by atoms with van der Waals surface area (Å²) >= 11 is 0. The first-order valence-electron chi connectivity index (χ1n) is 10.8. The van der Waals surface area contributed by atoms with Crippen molar-refractivity contribution < 1.29 is 4.57 Å². The summed E-state index contributed by atoms with van der Waals surface area (Å²) in [7, 11) is 2.17. The monoisotopic (exact) mass is 391 g/mol. The highest BCUT2D eigenvalue weighted by molar-refractivity contribution is 6.25. The Morgan fingerprint density at radius 1 is 0.867 bits per heavy atom. The average Bonchev–Trinajstić information content (AvgIpc) is 3.01. The summed E-state index contributed by atoms with van der Waals surface area (Å²) in [6.45, 7) is 9.18. The number of pyridine rings is 2. The molecule has 0 fully saturated rings. The summed E-state index contributed by atoms with van der Waals surface area (Å²) in [6.07, 6.45) is 3.28. The van der Waals surface area contributed by atoms with Gasteiger partial charge in [0.2, 0.25) is 5.52 Å². The van der Waals surface area contributed by atoms with Crippen LogP contribution in [0.3, 0.4) is 0 Å². The molecule has 0 spiro atoms. The fourth-order valence-corrected chi connectivity index (χ4v) is 5.41. The molecule has 0 aliphatic rings. The molecule has 0 unspecified atom stereocenters. The molecule has 0 radical (unpaired) electrons. The summed E-state index contributed by atoms with van der Waals surface area (Å²) in [6, 6.07) is 20.6. The van der Waals surface area contributed by atoms with Gasteiger partial charge in [0.25, 0.3) is 0 Å². The molecule has 6 aromatic rings. The van der Waals surface area contributed by atoms with Crippen LogP contribution in [0.2, 0.25) is 0 Å². The van der Waals surface area contributed by atoms with Crippen molar-refractivity contribution in [2.45, 2.75) is 34.1 Å². The summed E-state index contributed by atoms with van der Waals surface area (Å²) in [5.41, 5.74) is 8.29. The van der Waals surface area contributed by atoms with Crippen LogP contribution in [-0.2, 0) is 13.5 Å². The van der Waals surface area contributed by atoms with Crippen molar-refractivity contribution in [2.24, 2.45) is 12.5 Å². The standard InChI is InChI=1S/C28H27N2/c1-17-9-11-20-21-15-18(16-28(2,3)4)10-12-22(21)30-23-8-6-7-19-13-14-29(5)27(25(19)23)24(17)26(20)30/h6-15H,16H2,1-5H3/q+1. The molecule has 148 valence electrons. The van der Waals surface area contributed by atoms with Gasteiger partial charge in [-0.2, -0.15) is 0 Å². The van der Waals surface area contributed by atoms with Crippen molar-refractivity contribution in [3.63, 3.8) is 0 Å². The van der Waals surface area contributed by atoms with Crippen LogP contribution in [0.4, 0.5) is 0 Å². The van der Waals surface area contributed by atoms with E-state index in [1.807, 2.05) is 0 Å². The van der Waals surface area contributed by atoms with Crippen molar-refractivity contribution in [3.05, 3.63) is 71.9 Å². The Kier molecular flexibility index (Phi) is 3.38. The Morgan fingerprint density at radius 2 is 1.70 bits per heavy atom. The molecule has 6 rings (SSSR count). The fourth-order valence-electron chi connectivity index (χ4n) is 5.41. The zero-order valence-corrected chi connectivity index (χ0v) is 18.4. The lowest BCUT2D eigenvalue weighted by Gasteiger charge is -2.18. The molecule has 0 aliphatic carbocycles. The van der Waals surface area contributed by atoms with Crippen LogP contribution in [0, 0.1) is 12.3 Å². The van der Waals surface area contributed by atoms with E-state index in [1.165, 1.54) is 60.1 Å². The lowest BCUT2D eigenvalue weighted by Crippen LogP contribution is -2.28. The molecule has 0 N–H and O–H groups in total. The van der Waals surface area contributed by atoms with E-state index in [9.17, 15) is 0 Å². The number of hydrogen-bond acceptors (Lipinski definition) is 0. The Balaban J connectivity index is 1.91. The van der Waals surface area contributed by atoms with Gasteiger partial charge in [-0.05, 0) is 53.5 Å². The molecule has 0 bridgehead atoms. The SMILES string of the molecule is Cc1ccc2c3cc(CC(C)(C)C)ccc3n3c4cccc5cc[n+](C)c(c1c23)c54. The minimum atomic E-state index is 0.275. The predicted octanol–water partition coefficient (Wildman–Crippen LogP) is 6.71. The second-order valence-corrected chi connectivity index (χ2v) is 10.1. The molecule has 3 aromatic heterocycles. The van der Waals surface area contributed by atoms with Crippen LogP contribution >= 0.6 is 0 Å². The van der Waals surface area contributed by atoms with E-state index >= 15 is 0 Å². The number of benzene rings is 3. The summed E-state index contributed by atoms with van der Waals surface area (Å²) in [4.78, 5) is 0. The molecule has 0 saturated heterocycles. The zero-order chi connectivity index (χ0) is 20.8. The Labute approximate surface area is 176 Å².